The topological polar surface area (TPSA) is 54.2 Å². The smallest absolute Gasteiger partial charge is 0.213 e. The Hall–Kier alpha value is -0.940. The first-order valence-corrected chi connectivity index (χ1v) is 5.13. The molecule has 1 fully saturated rings. The number of nitrogens with zero attached hydrogens (tertiary/aromatic N) is 3. The number of aromatic nitrogens is 2. The maximum Gasteiger partial charge on any atom is 0.213 e. The van der Waals surface area contributed by atoms with Crippen molar-refractivity contribution in [2.24, 2.45) is 0 Å². The molecule has 0 aliphatic carbocycles. The van der Waals surface area contributed by atoms with E-state index in [2.05, 4.69) is 24.9 Å². The van der Waals surface area contributed by atoms with Crippen molar-refractivity contribution in [1.29, 1.82) is 0 Å². The Morgan fingerprint density at radius 2 is 2.43 bits per heavy atom. The summed E-state index contributed by atoms with van der Waals surface area (Å²) in [7, 11) is 0. The molecule has 0 amide bonds. The molecule has 1 saturated heterocycles. The zero-order chi connectivity index (χ0) is 9.64. The van der Waals surface area contributed by atoms with Gasteiger partial charge in [0.2, 0.25) is 6.39 Å². The van der Waals surface area contributed by atoms with E-state index in [-0.39, 0.29) is 0 Å². The third-order valence-electron chi connectivity index (χ3n) is 2.49. The first-order valence-electron chi connectivity index (χ1n) is 5.13. The van der Waals surface area contributed by atoms with Crippen LogP contribution in [0.4, 0.5) is 0 Å². The van der Waals surface area contributed by atoms with E-state index in [1.165, 1.54) is 19.4 Å². The minimum Gasteiger partial charge on any atom is -0.343 e. The van der Waals surface area contributed by atoms with Gasteiger partial charge in [-0.05, 0) is 19.5 Å². The lowest BCUT2D eigenvalue weighted by Crippen LogP contribution is -2.30. The Balaban J connectivity index is 1.73. The predicted octanol–water partition coefficient (Wildman–Crippen LogP) is -0.0926. The monoisotopic (exact) mass is 196 g/mol. The zero-order valence-electron chi connectivity index (χ0n) is 8.28. The summed E-state index contributed by atoms with van der Waals surface area (Å²) in [6, 6.07) is 0. The summed E-state index contributed by atoms with van der Waals surface area (Å²) in [5.74, 6) is 0.808. The van der Waals surface area contributed by atoms with Gasteiger partial charge in [-0.1, -0.05) is 5.16 Å². The van der Waals surface area contributed by atoms with E-state index in [1.807, 2.05) is 0 Å². The lowest BCUT2D eigenvalue weighted by Gasteiger charge is -2.17. The van der Waals surface area contributed by atoms with Crippen molar-refractivity contribution in [3.63, 3.8) is 0 Å². The van der Waals surface area contributed by atoms with Crippen molar-refractivity contribution >= 4 is 0 Å². The molecule has 2 rings (SSSR count). The Morgan fingerprint density at radius 3 is 3.29 bits per heavy atom. The number of nitrogens with one attached hydrogen (secondary N) is 1. The Kier molecular flexibility index (Phi) is 3.48. The van der Waals surface area contributed by atoms with Crippen LogP contribution in [0.1, 0.15) is 12.2 Å². The maximum absolute atomic E-state index is 4.69. The second-order valence-electron chi connectivity index (χ2n) is 3.54. The van der Waals surface area contributed by atoms with Crippen LogP contribution >= 0.6 is 0 Å². The highest BCUT2D eigenvalue weighted by molar-refractivity contribution is 4.80. The van der Waals surface area contributed by atoms with E-state index in [4.69, 9.17) is 0 Å². The largest absolute Gasteiger partial charge is 0.343 e. The van der Waals surface area contributed by atoms with Gasteiger partial charge in [-0.3, -0.25) is 0 Å². The molecule has 5 heteroatoms. The lowest BCUT2D eigenvalue weighted by molar-refractivity contribution is 0.292. The third kappa shape index (κ3) is 2.78. The molecule has 0 unspecified atom stereocenters. The first-order chi connectivity index (χ1) is 6.95. The molecule has 0 saturated carbocycles. The summed E-state index contributed by atoms with van der Waals surface area (Å²) < 4.78 is 4.69. The third-order valence-corrected chi connectivity index (χ3v) is 2.49. The van der Waals surface area contributed by atoms with Crippen molar-refractivity contribution < 1.29 is 4.52 Å². The molecule has 0 radical (unpaired) electrons. The second kappa shape index (κ2) is 5.07. The van der Waals surface area contributed by atoms with Crippen molar-refractivity contribution in [1.82, 2.24) is 20.4 Å². The van der Waals surface area contributed by atoms with Crippen LogP contribution in [-0.4, -0.2) is 47.8 Å². The minimum atomic E-state index is 0.808. The summed E-state index contributed by atoms with van der Waals surface area (Å²) in [5, 5.41) is 7.17. The van der Waals surface area contributed by atoms with Gasteiger partial charge in [0, 0.05) is 26.1 Å². The summed E-state index contributed by atoms with van der Waals surface area (Å²) in [5.41, 5.74) is 0. The van der Waals surface area contributed by atoms with Gasteiger partial charge in [-0.25, -0.2) is 0 Å². The standard InChI is InChI=1S/C9H16N4O/c1-3-10-4-7-13(5-1)6-2-9-11-8-14-12-9/h8,10H,1-7H2. The number of rotatable bonds is 3. The first kappa shape index (κ1) is 9.61. The second-order valence-corrected chi connectivity index (χ2v) is 3.54. The van der Waals surface area contributed by atoms with Gasteiger partial charge in [-0.2, -0.15) is 4.98 Å². The highest BCUT2D eigenvalue weighted by Gasteiger charge is 2.09. The summed E-state index contributed by atoms with van der Waals surface area (Å²) in [6.45, 7) is 5.55. The van der Waals surface area contributed by atoms with Crippen LogP contribution in [0.2, 0.25) is 0 Å². The van der Waals surface area contributed by atoms with Crippen LogP contribution in [-0.2, 0) is 6.42 Å². The van der Waals surface area contributed by atoms with Gasteiger partial charge in [0.15, 0.2) is 5.82 Å². The van der Waals surface area contributed by atoms with Gasteiger partial charge in [0.25, 0.3) is 0 Å². The molecule has 0 atom stereocenters. The van der Waals surface area contributed by atoms with E-state index >= 15 is 0 Å². The molecule has 1 aromatic heterocycles. The fourth-order valence-electron chi connectivity index (χ4n) is 1.69. The van der Waals surface area contributed by atoms with Gasteiger partial charge < -0.3 is 14.7 Å². The molecule has 0 spiro atoms. The summed E-state index contributed by atoms with van der Waals surface area (Å²) in [6.07, 6.45) is 3.50. The molecule has 1 N–H and O–H groups in total. The van der Waals surface area contributed by atoms with Crippen LogP contribution in [0.15, 0.2) is 10.9 Å². The Labute approximate surface area is 83.5 Å². The molecule has 0 bridgehead atoms. The number of hydrogen-bond donors (Lipinski definition) is 1. The fourth-order valence-corrected chi connectivity index (χ4v) is 1.69. The lowest BCUT2D eigenvalue weighted by atomic mass is 10.3. The van der Waals surface area contributed by atoms with Crippen molar-refractivity contribution in [2.45, 2.75) is 12.8 Å². The highest BCUT2D eigenvalue weighted by atomic mass is 16.5. The molecule has 14 heavy (non-hydrogen) atoms. The van der Waals surface area contributed by atoms with E-state index in [9.17, 15) is 0 Å². The highest BCUT2D eigenvalue weighted by Crippen LogP contribution is 1.98. The summed E-state index contributed by atoms with van der Waals surface area (Å²) in [4.78, 5) is 6.44. The molecule has 1 aliphatic heterocycles. The van der Waals surface area contributed by atoms with Crippen LogP contribution in [0, 0.1) is 0 Å². The average Bonchev–Trinajstić information content (AvgIpc) is 2.58. The van der Waals surface area contributed by atoms with Gasteiger partial charge in [-0.15, -0.1) is 0 Å². The maximum atomic E-state index is 4.69. The minimum absolute atomic E-state index is 0.808. The Bertz CT molecular complexity index is 241. The molecule has 78 valence electrons. The van der Waals surface area contributed by atoms with E-state index in [0.29, 0.717) is 0 Å². The normalized spacial score (nSPS) is 19.4. The van der Waals surface area contributed by atoms with Crippen molar-refractivity contribution in [2.75, 3.05) is 32.7 Å². The number of hydrogen-bond acceptors (Lipinski definition) is 5. The average molecular weight is 196 g/mol. The van der Waals surface area contributed by atoms with E-state index < -0.39 is 0 Å². The van der Waals surface area contributed by atoms with Crippen LogP contribution < -0.4 is 5.32 Å². The Morgan fingerprint density at radius 1 is 1.43 bits per heavy atom. The van der Waals surface area contributed by atoms with Crippen LogP contribution in [0.25, 0.3) is 0 Å². The molecular weight excluding hydrogens is 180 g/mol. The van der Waals surface area contributed by atoms with Gasteiger partial charge in [0.1, 0.15) is 0 Å². The summed E-state index contributed by atoms with van der Waals surface area (Å²) >= 11 is 0. The van der Waals surface area contributed by atoms with E-state index in [1.54, 1.807) is 0 Å². The molecule has 5 nitrogen and oxygen atoms in total. The molecule has 0 aromatic carbocycles. The molecule has 1 aliphatic rings. The zero-order valence-corrected chi connectivity index (χ0v) is 8.28. The van der Waals surface area contributed by atoms with Crippen molar-refractivity contribution in [3.05, 3.63) is 12.2 Å². The molecule has 1 aromatic rings. The SMILES string of the molecule is c1nc(CCN2CCCNCC2)no1. The van der Waals surface area contributed by atoms with Crippen molar-refractivity contribution in [3.8, 4) is 0 Å². The van der Waals surface area contributed by atoms with Gasteiger partial charge >= 0.3 is 0 Å². The predicted molar refractivity (Wildman–Crippen MR) is 51.9 cm³/mol. The van der Waals surface area contributed by atoms with Gasteiger partial charge in [0.05, 0.1) is 0 Å². The fraction of sp³-hybridized carbons (Fsp3) is 0.778. The molecule has 2 heterocycles. The van der Waals surface area contributed by atoms with Crippen LogP contribution in [0.3, 0.4) is 0 Å². The molecular formula is C9H16N4O. The van der Waals surface area contributed by atoms with E-state index in [0.717, 1.165) is 38.4 Å². The quantitative estimate of drug-likeness (QED) is 0.732. The van der Waals surface area contributed by atoms with Crippen LogP contribution in [0.5, 0.6) is 0 Å².